The van der Waals surface area contributed by atoms with Crippen molar-refractivity contribution >= 4 is 29.2 Å². The summed E-state index contributed by atoms with van der Waals surface area (Å²) in [6.45, 7) is 1.85. The highest BCUT2D eigenvalue weighted by molar-refractivity contribution is 6.31. The molecule has 1 aromatic rings. The van der Waals surface area contributed by atoms with E-state index in [4.69, 9.17) is 22.1 Å². The highest BCUT2D eigenvalue weighted by atomic mass is 35.5. The quantitative estimate of drug-likeness (QED) is 0.841. The molecule has 1 aliphatic rings. The molecule has 0 aromatic heterocycles. The molecule has 2 unspecified atom stereocenters. The normalized spacial score (nSPS) is 24.7. The maximum absolute atomic E-state index is 12.5. The molecule has 0 spiro atoms. The van der Waals surface area contributed by atoms with E-state index < -0.39 is 11.4 Å². The first kappa shape index (κ1) is 15.8. The minimum atomic E-state index is -0.618. The van der Waals surface area contributed by atoms with Crippen LogP contribution in [0.15, 0.2) is 18.2 Å². The van der Waals surface area contributed by atoms with Crippen LogP contribution in [0.25, 0.3) is 0 Å². The molecular weight excluding hydrogens is 292 g/mol. The van der Waals surface area contributed by atoms with Crippen LogP contribution in [-0.4, -0.2) is 25.0 Å². The Morgan fingerprint density at radius 3 is 2.76 bits per heavy atom. The number of nitrogens with one attached hydrogen (secondary N) is 1. The maximum Gasteiger partial charge on any atom is 0.340 e. The van der Waals surface area contributed by atoms with E-state index in [2.05, 4.69) is 5.32 Å². The first-order chi connectivity index (χ1) is 9.88. The largest absolute Gasteiger partial charge is 0.465 e. The fraction of sp³-hybridized carbons (Fsp3) is 0.467. The third-order valence-electron chi connectivity index (χ3n) is 4.18. The number of anilines is 1. The predicted molar refractivity (Wildman–Crippen MR) is 81.4 cm³/mol. The average Bonchev–Trinajstić information content (AvgIpc) is 2.81. The summed E-state index contributed by atoms with van der Waals surface area (Å²) in [4.78, 5) is 24.3. The summed E-state index contributed by atoms with van der Waals surface area (Å²) in [5, 5.41) is 3.19. The van der Waals surface area contributed by atoms with Crippen LogP contribution in [0, 0.1) is 5.41 Å². The number of methoxy groups -OCH3 is 1. The Kier molecular flexibility index (Phi) is 4.54. The zero-order chi connectivity index (χ0) is 15.6. The van der Waals surface area contributed by atoms with E-state index in [1.165, 1.54) is 13.2 Å². The summed E-state index contributed by atoms with van der Waals surface area (Å²) in [5.74, 6) is -0.728. The van der Waals surface area contributed by atoms with Crippen molar-refractivity contribution in [2.24, 2.45) is 11.1 Å². The molecular formula is C15H19ClN2O3. The van der Waals surface area contributed by atoms with Crippen molar-refractivity contribution in [1.82, 2.24) is 0 Å². The minimum Gasteiger partial charge on any atom is -0.465 e. The van der Waals surface area contributed by atoms with Crippen LogP contribution in [0.5, 0.6) is 0 Å². The first-order valence-electron chi connectivity index (χ1n) is 6.83. The summed E-state index contributed by atoms with van der Waals surface area (Å²) in [6, 6.07) is 4.50. The van der Waals surface area contributed by atoms with E-state index in [-0.39, 0.29) is 17.5 Å². The zero-order valence-corrected chi connectivity index (χ0v) is 12.9. The van der Waals surface area contributed by atoms with Crippen molar-refractivity contribution in [3.05, 3.63) is 28.8 Å². The van der Waals surface area contributed by atoms with Crippen LogP contribution in [0.3, 0.4) is 0 Å². The molecule has 1 fully saturated rings. The second-order valence-corrected chi connectivity index (χ2v) is 5.99. The molecule has 2 rings (SSSR count). The molecule has 3 N–H and O–H groups in total. The van der Waals surface area contributed by atoms with Gasteiger partial charge in [0.1, 0.15) is 0 Å². The van der Waals surface area contributed by atoms with Gasteiger partial charge in [-0.15, -0.1) is 0 Å². The van der Waals surface area contributed by atoms with Gasteiger partial charge in [0.25, 0.3) is 0 Å². The molecule has 6 heteroatoms. The van der Waals surface area contributed by atoms with Crippen molar-refractivity contribution in [2.75, 3.05) is 12.4 Å². The van der Waals surface area contributed by atoms with Crippen molar-refractivity contribution in [1.29, 1.82) is 0 Å². The number of halogens is 1. The maximum atomic E-state index is 12.5. The van der Waals surface area contributed by atoms with Gasteiger partial charge in [-0.05, 0) is 38.0 Å². The van der Waals surface area contributed by atoms with Gasteiger partial charge in [-0.1, -0.05) is 18.0 Å². The smallest absolute Gasteiger partial charge is 0.340 e. The second-order valence-electron chi connectivity index (χ2n) is 5.55. The number of carbonyl (C=O) groups excluding carboxylic acids is 2. The molecule has 114 valence electrons. The van der Waals surface area contributed by atoms with Crippen molar-refractivity contribution in [3.63, 3.8) is 0 Å². The number of hydrogen-bond acceptors (Lipinski definition) is 4. The Labute approximate surface area is 128 Å². The van der Waals surface area contributed by atoms with Crippen LogP contribution in [0.1, 0.15) is 36.5 Å². The van der Waals surface area contributed by atoms with Gasteiger partial charge in [-0.25, -0.2) is 4.79 Å². The Hall–Kier alpha value is -1.59. The summed E-state index contributed by atoms with van der Waals surface area (Å²) in [5.41, 5.74) is 6.04. The van der Waals surface area contributed by atoms with Gasteiger partial charge in [-0.3, -0.25) is 4.79 Å². The van der Waals surface area contributed by atoms with E-state index in [1.54, 1.807) is 12.1 Å². The Morgan fingerprint density at radius 2 is 2.19 bits per heavy atom. The summed E-state index contributed by atoms with van der Waals surface area (Å²) in [7, 11) is 1.28. The van der Waals surface area contributed by atoms with Gasteiger partial charge in [0.15, 0.2) is 0 Å². The van der Waals surface area contributed by atoms with Gasteiger partial charge in [0, 0.05) is 11.1 Å². The predicted octanol–water partition coefficient (Wildman–Crippen LogP) is 2.58. The van der Waals surface area contributed by atoms with Gasteiger partial charge >= 0.3 is 5.97 Å². The number of hydrogen-bond donors (Lipinski definition) is 2. The molecule has 2 atom stereocenters. The number of rotatable bonds is 3. The standard InChI is InChI=1S/C15H19ClN2O3/c1-15(7-3-4-12(15)17)14(20)18-11-6-5-9(16)8-10(11)13(19)21-2/h5-6,8,12H,3-4,7,17H2,1-2H3,(H,18,20). The topological polar surface area (TPSA) is 81.4 Å². The monoisotopic (exact) mass is 310 g/mol. The number of carbonyl (C=O) groups is 2. The van der Waals surface area contributed by atoms with E-state index in [0.717, 1.165) is 19.3 Å². The summed E-state index contributed by atoms with van der Waals surface area (Å²) >= 11 is 5.89. The number of esters is 1. The van der Waals surface area contributed by atoms with E-state index >= 15 is 0 Å². The van der Waals surface area contributed by atoms with Crippen molar-refractivity contribution in [2.45, 2.75) is 32.2 Å². The zero-order valence-electron chi connectivity index (χ0n) is 12.1. The van der Waals surface area contributed by atoms with Crippen LogP contribution in [0.2, 0.25) is 5.02 Å². The molecule has 1 amide bonds. The van der Waals surface area contributed by atoms with Gasteiger partial charge in [0.2, 0.25) is 5.91 Å². The van der Waals surface area contributed by atoms with Crippen LogP contribution >= 0.6 is 11.6 Å². The Balaban J connectivity index is 2.27. The fourth-order valence-corrected chi connectivity index (χ4v) is 2.82. The Bertz CT molecular complexity index is 576. The molecule has 5 nitrogen and oxygen atoms in total. The molecule has 0 radical (unpaired) electrons. The van der Waals surface area contributed by atoms with E-state index in [9.17, 15) is 9.59 Å². The molecule has 0 aliphatic heterocycles. The SMILES string of the molecule is COC(=O)c1cc(Cl)ccc1NC(=O)C1(C)CCCC1N. The summed E-state index contributed by atoms with van der Waals surface area (Å²) in [6.07, 6.45) is 2.49. The molecule has 0 heterocycles. The first-order valence-corrected chi connectivity index (χ1v) is 7.21. The minimum absolute atomic E-state index is 0.175. The third kappa shape index (κ3) is 3.04. The lowest BCUT2D eigenvalue weighted by Crippen LogP contribution is -2.44. The number of nitrogens with two attached hydrogens (primary N) is 1. The van der Waals surface area contributed by atoms with E-state index in [1.807, 2.05) is 6.92 Å². The second kappa shape index (κ2) is 6.03. The van der Waals surface area contributed by atoms with Crippen LogP contribution < -0.4 is 11.1 Å². The third-order valence-corrected chi connectivity index (χ3v) is 4.42. The number of amides is 1. The lowest BCUT2D eigenvalue weighted by molar-refractivity contribution is -0.125. The molecule has 0 saturated heterocycles. The lowest BCUT2D eigenvalue weighted by atomic mass is 9.84. The highest BCUT2D eigenvalue weighted by Crippen LogP contribution is 2.38. The summed E-state index contributed by atoms with van der Waals surface area (Å²) < 4.78 is 4.71. The fourth-order valence-electron chi connectivity index (χ4n) is 2.64. The van der Waals surface area contributed by atoms with Crippen molar-refractivity contribution in [3.8, 4) is 0 Å². The number of benzene rings is 1. The van der Waals surface area contributed by atoms with E-state index in [0.29, 0.717) is 10.7 Å². The molecule has 1 aliphatic carbocycles. The van der Waals surface area contributed by atoms with Crippen LogP contribution in [0.4, 0.5) is 5.69 Å². The molecule has 1 aromatic carbocycles. The van der Waals surface area contributed by atoms with Crippen LogP contribution in [-0.2, 0) is 9.53 Å². The molecule has 1 saturated carbocycles. The molecule has 21 heavy (non-hydrogen) atoms. The lowest BCUT2D eigenvalue weighted by Gasteiger charge is -2.27. The highest BCUT2D eigenvalue weighted by Gasteiger charge is 2.43. The van der Waals surface area contributed by atoms with Gasteiger partial charge in [-0.2, -0.15) is 0 Å². The average molecular weight is 311 g/mol. The molecule has 0 bridgehead atoms. The van der Waals surface area contributed by atoms with Crippen molar-refractivity contribution < 1.29 is 14.3 Å². The van der Waals surface area contributed by atoms with Gasteiger partial charge in [0.05, 0.1) is 23.8 Å². The Morgan fingerprint density at radius 1 is 1.48 bits per heavy atom. The number of ether oxygens (including phenoxy) is 1. The van der Waals surface area contributed by atoms with Gasteiger partial charge < -0.3 is 15.8 Å².